The topological polar surface area (TPSA) is 46.3 Å². The molecule has 0 spiro atoms. The first-order chi connectivity index (χ1) is 17.5. The summed E-state index contributed by atoms with van der Waals surface area (Å²) in [5, 5.41) is 5.66. The van der Waals surface area contributed by atoms with Crippen LogP contribution in [-0.4, -0.2) is 62.8 Å². The molecule has 1 amide bonds. The van der Waals surface area contributed by atoms with Crippen molar-refractivity contribution in [2.75, 3.05) is 32.7 Å². The molecule has 1 fully saturated rings. The summed E-state index contributed by atoms with van der Waals surface area (Å²) >= 11 is 12.4. The fourth-order valence-electron chi connectivity index (χ4n) is 4.40. The van der Waals surface area contributed by atoms with Crippen LogP contribution in [0.2, 0.25) is 10.0 Å². The zero-order chi connectivity index (χ0) is 25.1. The van der Waals surface area contributed by atoms with Crippen molar-refractivity contribution in [1.82, 2.24) is 24.1 Å². The molecule has 0 saturated carbocycles. The Morgan fingerprint density at radius 2 is 1.72 bits per heavy atom. The van der Waals surface area contributed by atoms with Gasteiger partial charge in [-0.1, -0.05) is 65.7 Å². The highest BCUT2D eigenvalue weighted by atomic mass is 35.5. The fraction of sp³-hybridized carbons (Fsp3) is 0.214. The first-order valence-corrected chi connectivity index (χ1v) is 12.7. The molecule has 1 aliphatic rings. The van der Waals surface area contributed by atoms with Crippen LogP contribution in [0.1, 0.15) is 16.1 Å². The summed E-state index contributed by atoms with van der Waals surface area (Å²) in [5.41, 5.74) is 4.04. The lowest BCUT2D eigenvalue weighted by molar-refractivity contribution is 0.0641. The number of hydrogen-bond donors (Lipinski definition) is 0. The van der Waals surface area contributed by atoms with E-state index >= 15 is 0 Å². The second-order valence-corrected chi connectivity index (χ2v) is 9.65. The molecular weight excluding hydrogens is 493 g/mol. The Balaban J connectivity index is 1.34. The van der Waals surface area contributed by atoms with Crippen LogP contribution in [0.5, 0.6) is 0 Å². The Morgan fingerprint density at radius 1 is 0.944 bits per heavy atom. The first-order valence-electron chi connectivity index (χ1n) is 11.9. The summed E-state index contributed by atoms with van der Waals surface area (Å²) in [6.07, 6.45) is 6.28. The zero-order valence-corrected chi connectivity index (χ0v) is 21.5. The quantitative estimate of drug-likeness (QED) is 0.330. The minimum atomic E-state index is -0.0477. The normalized spacial score (nSPS) is 14.6. The lowest BCUT2D eigenvalue weighted by Crippen LogP contribution is -2.49. The predicted octanol–water partition coefficient (Wildman–Crippen LogP) is 5.66. The Bertz CT molecular complexity index is 1380. The molecule has 1 saturated heterocycles. The molecule has 36 heavy (non-hydrogen) atoms. The molecule has 0 bridgehead atoms. The lowest BCUT2D eigenvalue weighted by Gasteiger charge is -2.34. The SMILES string of the molecule is Cn1cccc1-c1cc(C(=O)N2CCN(CC=Cc3ccccc3)CC2)n(-c2ccc(Cl)c(Cl)c2)n1. The van der Waals surface area contributed by atoms with Gasteiger partial charge in [0.25, 0.3) is 5.91 Å². The van der Waals surface area contributed by atoms with Crippen LogP contribution >= 0.6 is 23.2 Å². The molecule has 5 rings (SSSR count). The molecule has 2 aromatic carbocycles. The molecular formula is C28H27Cl2N5O. The molecule has 184 valence electrons. The van der Waals surface area contributed by atoms with Crippen molar-refractivity contribution >= 4 is 35.2 Å². The summed E-state index contributed by atoms with van der Waals surface area (Å²) in [6.45, 7) is 3.80. The first kappa shape index (κ1) is 24.4. The van der Waals surface area contributed by atoms with Gasteiger partial charge in [-0.05, 0) is 42.0 Å². The van der Waals surface area contributed by atoms with Gasteiger partial charge in [-0.2, -0.15) is 5.10 Å². The van der Waals surface area contributed by atoms with Gasteiger partial charge in [0.2, 0.25) is 0 Å². The maximum Gasteiger partial charge on any atom is 0.272 e. The van der Waals surface area contributed by atoms with Crippen molar-refractivity contribution in [3.05, 3.63) is 100 Å². The smallest absolute Gasteiger partial charge is 0.272 e. The van der Waals surface area contributed by atoms with E-state index in [9.17, 15) is 4.79 Å². The van der Waals surface area contributed by atoms with Crippen LogP contribution in [0.3, 0.4) is 0 Å². The third kappa shape index (κ3) is 5.26. The Morgan fingerprint density at radius 3 is 2.42 bits per heavy atom. The van der Waals surface area contributed by atoms with Crippen molar-refractivity contribution in [3.63, 3.8) is 0 Å². The number of aryl methyl sites for hydroxylation is 1. The summed E-state index contributed by atoms with van der Waals surface area (Å²) in [7, 11) is 1.96. The van der Waals surface area contributed by atoms with Gasteiger partial charge in [0.05, 0.1) is 21.4 Å². The summed E-state index contributed by atoms with van der Waals surface area (Å²) < 4.78 is 3.65. The Hall–Kier alpha value is -3.32. The zero-order valence-electron chi connectivity index (χ0n) is 20.0. The number of piperazine rings is 1. The highest BCUT2D eigenvalue weighted by Crippen LogP contribution is 2.28. The van der Waals surface area contributed by atoms with E-state index in [-0.39, 0.29) is 5.91 Å². The number of rotatable bonds is 6. The van der Waals surface area contributed by atoms with Crippen LogP contribution in [0.15, 0.2) is 79.0 Å². The van der Waals surface area contributed by atoms with Gasteiger partial charge >= 0.3 is 0 Å². The number of halogens is 2. The second kappa shape index (κ2) is 10.7. The monoisotopic (exact) mass is 519 g/mol. The van der Waals surface area contributed by atoms with Gasteiger partial charge in [-0.15, -0.1) is 0 Å². The standard InChI is InChI=1S/C28H27Cl2N5O/c1-32-13-6-10-26(32)25-20-27(35(31-25)22-11-12-23(29)24(30)19-22)28(36)34-17-15-33(16-18-34)14-5-9-21-7-3-2-4-8-21/h2-13,19-20H,14-18H2,1H3. The number of aromatic nitrogens is 3. The lowest BCUT2D eigenvalue weighted by atomic mass is 10.2. The highest BCUT2D eigenvalue weighted by molar-refractivity contribution is 6.42. The van der Waals surface area contributed by atoms with Crippen molar-refractivity contribution in [1.29, 1.82) is 0 Å². The second-order valence-electron chi connectivity index (χ2n) is 8.84. The third-order valence-corrected chi connectivity index (χ3v) is 7.15. The predicted molar refractivity (Wildman–Crippen MR) is 146 cm³/mol. The molecule has 6 nitrogen and oxygen atoms in total. The Kier molecular flexibility index (Phi) is 7.28. The van der Waals surface area contributed by atoms with Crippen molar-refractivity contribution in [3.8, 4) is 17.1 Å². The number of carbonyl (C=O) groups excluding carboxylic acids is 1. The van der Waals surface area contributed by atoms with E-state index in [0.29, 0.717) is 34.5 Å². The molecule has 4 aromatic rings. The average Bonchev–Trinajstić information content (AvgIpc) is 3.53. The number of benzene rings is 2. The maximum atomic E-state index is 13.7. The molecule has 0 unspecified atom stereocenters. The van der Waals surface area contributed by atoms with E-state index in [4.69, 9.17) is 28.3 Å². The van der Waals surface area contributed by atoms with Crippen LogP contribution < -0.4 is 0 Å². The van der Waals surface area contributed by atoms with Crippen LogP contribution in [-0.2, 0) is 7.05 Å². The van der Waals surface area contributed by atoms with Crippen molar-refractivity contribution in [2.24, 2.45) is 7.05 Å². The van der Waals surface area contributed by atoms with Gasteiger partial charge in [-0.25, -0.2) is 4.68 Å². The summed E-state index contributed by atoms with van der Waals surface area (Å²) in [5.74, 6) is -0.0477. The average molecular weight is 520 g/mol. The highest BCUT2D eigenvalue weighted by Gasteiger charge is 2.26. The van der Waals surface area contributed by atoms with E-state index in [1.54, 1.807) is 16.8 Å². The summed E-state index contributed by atoms with van der Waals surface area (Å²) in [6, 6.07) is 21.4. The maximum absolute atomic E-state index is 13.7. The summed E-state index contributed by atoms with van der Waals surface area (Å²) in [4.78, 5) is 17.9. The van der Waals surface area contributed by atoms with E-state index in [1.807, 2.05) is 65.2 Å². The van der Waals surface area contributed by atoms with E-state index in [0.717, 1.165) is 31.0 Å². The van der Waals surface area contributed by atoms with Gasteiger partial charge in [0.15, 0.2) is 0 Å². The molecule has 2 aromatic heterocycles. The van der Waals surface area contributed by atoms with Crippen LogP contribution in [0.4, 0.5) is 0 Å². The van der Waals surface area contributed by atoms with Gasteiger partial charge < -0.3 is 9.47 Å². The molecule has 0 N–H and O–H groups in total. The largest absolute Gasteiger partial charge is 0.349 e. The van der Waals surface area contributed by atoms with Gasteiger partial charge in [0.1, 0.15) is 11.4 Å². The van der Waals surface area contributed by atoms with E-state index in [1.165, 1.54) is 5.56 Å². The third-order valence-electron chi connectivity index (χ3n) is 6.42. The Labute approximate surface area is 221 Å². The molecule has 0 aliphatic carbocycles. The number of hydrogen-bond acceptors (Lipinski definition) is 3. The number of carbonyl (C=O) groups is 1. The van der Waals surface area contributed by atoms with Gasteiger partial charge in [-0.3, -0.25) is 9.69 Å². The fourth-order valence-corrected chi connectivity index (χ4v) is 4.69. The van der Waals surface area contributed by atoms with E-state index in [2.05, 4.69) is 29.2 Å². The molecule has 0 atom stereocenters. The van der Waals surface area contributed by atoms with E-state index < -0.39 is 0 Å². The minimum absolute atomic E-state index is 0.0477. The van der Waals surface area contributed by atoms with Crippen molar-refractivity contribution < 1.29 is 4.79 Å². The molecule has 8 heteroatoms. The van der Waals surface area contributed by atoms with Crippen molar-refractivity contribution in [2.45, 2.75) is 0 Å². The van der Waals surface area contributed by atoms with Gasteiger partial charge in [0, 0.05) is 46.0 Å². The number of nitrogens with zero attached hydrogens (tertiary/aromatic N) is 5. The minimum Gasteiger partial charge on any atom is -0.349 e. The van der Waals surface area contributed by atoms with Crippen LogP contribution in [0.25, 0.3) is 23.2 Å². The number of amides is 1. The van der Waals surface area contributed by atoms with Crippen LogP contribution in [0, 0.1) is 0 Å². The molecule has 1 aliphatic heterocycles. The molecule has 3 heterocycles. The molecule has 0 radical (unpaired) electrons.